The van der Waals surface area contributed by atoms with Crippen LogP contribution in [0.25, 0.3) is 0 Å². The Morgan fingerprint density at radius 2 is 1.88 bits per heavy atom. The van der Waals surface area contributed by atoms with E-state index < -0.39 is 12.1 Å². The molecule has 2 rings (SSSR count). The number of likely N-dealkylation sites (N-methyl/N-ethyl adjacent to an activating group) is 1. The average molecular weight is 411 g/mol. The van der Waals surface area contributed by atoms with E-state index in [9.17, 15) is 9.59 Å². The zero-order valence-corrected chi connectivity index (χ0v) is 15.7. The van der Waals surface area contributed by atoms with Gasteiger partial charge in [-0.1, -0.05) is 45.7 Å². The molecule has 0 unspecified atom stereocenters. The number of esters is 1. The predicted octanol–water partition coefficient (Wildman–Crippen LogP) is 4.70. The molecule has 0 aliphatic rings. The number of nitrogens with zero attached hydrogens (tertiary/aromatic N) is 1. The molecule has 0 heterocycles. The SMILES string of the molecule is CCN(C(=O)[C@@H](C)OC(=O)c1cc(Br)ccc1Cl)c1ccccc1. The maximum Gasteiger partial charge on any atom is 0.340 e. The highest BCUT2D eigenvalue weighted by Crippen LogP contribution is 2.23. The Morgan fingerprint density at radius 3 is 2.50 bits per heavy atom. The Labute approximate surface area is 154 Å². The normalized spacial score (nSPS) is 11.7. The summed E-state index contributed by atoms with van der Waals surface area (Å²) in [6.45, 7) is 3.89. The number of hydrogen-bond acceptors (Lipinski definition) is 3. The number of rotatable bonds is 5. The second-order valence-electron chi connectivity index (χ2n) is 5.09. The van der Waals surface area contributed by atoms with Crippen molar-refractivity contribution in [2.24, 2.45) is 0 Å². The predicted molar refractivity (Wildman–Crippen MR) is 98.5 cm³/mol. The van der Waals surface area contributed by atoms with E-state index in [4.69, 9.17) is 16.3 Å². The Morgan fingerprint density at radius 1 is 1.21 bits per heavy atom. The molecule has 2 aromatic carbocycles. The lowest BCUT2D eigenvalue weighted by atomic mass is 10.2. The summed E-state index contributed by atoms with van der Waals surface area (Å²) in [7, 11) is 0. The third-order valence-corrected chi connectivity index (χ3v) is 4.25. The number of benzene rings is 2. The fourth-order valence-electron chi connectivity index (χ4n) is 2.22. The molecule has 0 bridgehead atoms. The summed E-state index contributed by atoms with van der Waals surface area (Å²) in [5.74, 6) is -0.922. The van der Waals surface area contributed by atoms with Crippen LogP contribution < -0.4 is 4.90 Å². The van der Waals surface area contributed by atoms with Gasteiger partial charge >= 0.3 is 5.97 Å². The van der Waals surface area contributed by atoms with Crippen molar-refractivity contribution in [3.8, 4) is 0 Å². The number of amides is 1. The Hall–Kier alpha value is -1.85. The molecular formula is C18H17BrClNO3. The van der Waals surface area contributed by atoms with Crippen LogP contribution in [0.15, 0.2) is 53.0 Å². The van der Waals surface area contributed by atoms with Crippen LogP contribution in [-0.2, 0) is 9.53 Å². The summed E-state index contributed by atoms with van der Waals surface area (Å²) in [5, 5.41) is 0.276. The number of hydrogen-bond donors (Lipinski definition) is 0. The minimum absolute atomic E-state index is 0.216. The quantitative estimate of drug-likeness (QED) is 0.671. The van der Waals surface area contributed by atoms with Gasteiger partial charge in [0.1, 0.15) is 0 Å². The van der Waals surface area contributed by atoms with Crippen LogP contribution >= 0.6 is 27.5 Å². The number of anilines is 1. The van der Waals surface area contributed by atoms with Gasteiger partial charge in [-0.2, -0.15) is 0 Å². The lowest BCUT2D eigenvalue weighted by molar-refractivity contribution is -0.126. The van der Waals surface area contributed by atoms with E-state index in [0.717, 1.165) is 5.69 Å². The van der Waals surface area contributed by atoms with E-state index in [0.29, 0.717) is 11.0 Å². The lowest BCUT2D eigenvalue weighted by Crippen LogP contribution is -2.40. The second-order valence-corrected chi connectivity index (χ2v) is 6.41. The molecule has 0 N–H and O–H groups in total. The van der Waals surface area contributed by atoms with Gasteiger partial charge in [-0.3, -0.25) is 4.79 Å². The Balaban J connectivity index is 2.13. The fraction of sp³-hybridized carbons (Fsp3) is 0.222. The molecule has 0 saturated heterocycles. The van der Waals surface area contributed by atoms with Crippen LogP contribution in [0.4, 0.5) is 5.69 Å². The highest BCUT2D eigenvalue weighted by atomic mass is 79.9. The lowest BCUT2D eigenvalue weighted by Gasteiger charge is -2.24. The first-order valence-corrected chi connectivity index (χ1v) is 8.63. The van der Waals surface area contributed by atoms with E-state index in [1.807, 2.05) is 37.3 Å². The van der Waals surface area contributed by atoms with Crippen LogP contribution in [0.1, 0.15) is 24.2 Å². The van der Waals surface area contributed by atoms with Gasteiger partial charge in [0, 0.05) is 16.7 Å². The van der Waals surface area contributed by atoms with Crippen molar-refractivity contribution in [1.29, 1.82) is 0 Å². The number of para-hydroxylation sites is 1. The molecule has 24 heavy (non-hydrogen) atoms. The molecule has 1 atom stereocenters. The molecule has 0 aliphatic heterocycles. The maximum absolute atomic E-state index is 12.6. The Kier molecular flexibility index (Phi) is 6.40. The van der Waals surface area contributed by atoms with Crippen molar-refractivity contribution in [3.63, 3.8) is 0 Å². The number of carbonyl (C=O) groups excluding carboxylic acids is 2. The number of halogens is 2. The van der Waals surface area contributed by atoms with Crippen molar-refractivity contribution in [2.45, 2.75) is 20.0 Å². The van der Waals surface area contributed by atoms with Gasteiger partial charge in [-0.15, -0.1) is 0 Å². The fourth-order valence-corrected chi connectivity index (χ4v) is 2.78. The van der Waals surface area contributed by atoms with Crippen LogP contribution in [-0.4, -0.2) is 24.5 Å². The topological polar surface area (TPSA) is 46.6 Å². The minimum atomic E-state index is -0.923. The zero-order chi connectivity index (χ0) is 17.7. The monoisotopic (exact) mass is 409 g/mol. The van der Waals surface area contributed by atoms with Crippen LogP contribution in [0.3, 0.4) is 0 Å². The number of carbonyl (C=O) groups is 2. The molecule has 0 saturated carbocycles. The van der Waals surface area contributed by atoms with Crippen molar-refractivity contribution in [2.75, 3.05) is 11.4 Å². The van der Waals surface area contributed by atoms with Crippen LogP contribution in [0.5, 0.6) is 0 Å². The molecular weight excluding hydrogens is 394 g/mol. The molecule has 4 nitrogen and oxygen atoms in total. The van der Waals surface area contributed by atoms with E-state index >= 15 is 0 Å². The summed E-state index contributed by atoms with van der Waals surface area (Å²) in [6, 6.07) is 14.1. The highest BCUT2D eigenvalue weighted by Gasteiger charge is 2.25. The summed E-state index contributed by atoms with van der Waals surface area (Å²) in [4.78, 5) is 26.5. The van der Waals surface area contributed by atoms with Gasteiger partial charge in [0.05, 0.1) is 10.6 Å². The first-order valence-electron chi connectivity index (χ1n) is 7.46. The third kappa shape index (κ3) is 4.36. The molecule has 2 aromatic rings. The summed E-state index contributed by atoms with van der Waals surface area (Å²) >= 11 is 9.31. The third-order valence-electron chi connectivity index (χ3n) is 3.43. The summed E-state index contributed by atoms with van der Waals surface area (Å²) in [5.41, 5.74) is 0.974. The molecule has 0 radical (unpaired) electrons. The van der Waals surface area contributed by atoms with Crippen molar-refractivity contribution in [3.05, 3.63) is 63.6 Å². The maximum atomic E-state index is 12.6. The largest absolute Gasteiger partial charge is 0.449 e. The van der Waals surface area contributed by atoms with Crippen LogP contribution in [0, 0.1) is 0 Å². The van der Waals surface area contributed by atoms with Gasteiger partial charge in [0.15, 0.2) is 6.10 Å². The van der Waals surface area contributed by atoms with Gasteiger partial charge < -0.3 is 9.64 Å². The standard InChI is InChI=1S/C18H17BrClNO3/c1-3-21(14-7-5-4-6-8-14)17(22)12(2)24-18(23)15-11-13(19)9-10-16(15)20/h4-12H,3H2,1-2H3/t12-/m1/s1. The molecule has 126 valence electrons. The molecule has 6 heteroatoms. The zero-order valence-electron chi connectivity index (χ0n) is 13.3. The first-order chi connectivity index (χ1) is 11.4. The number of ether oxygens (including phenoxy) is 1. The smallest absolute Gasteiger partial charge is 0.340 e. The first kappa shape index (κ1) is 18.5. The molecule has 0 fully saturated rings. The highest BCUT2D eigenvalue weighted by molar-refractivity contribution is 9.10. The molecule has 1 amide bonds. The van der Waals surface area contributed by atoms with Gasteiger partial charge in [-0.25, -0.2) is 4.79 Å². The van der Waals surface area contributed by atoms with Crippen molar-refractivity contribution >= 4 is 45.1 Å². The van der Waals surface area contributed by atoms with Gasteiger partial charge in [0.2, 0.25) is 0 Å². The molecule has 0 aliphatic carbocycles. The van der Waals surface area contributed by atoms with Crippen molar-refractivity contribution < 1.29 is 14.3 Å². The summed E-state index contributed by atoms with van der Waals surface area (Å²) < 4.78 is 6.01. The van der Waals surface area contributed by atoms with E-state index in [1.54, 1.807) is 30.0 Å². The van der Waals surface area contributed by atoms with E-state index in [2.05, 4.69) is 15.9 Å². The average Bonchev–Trinajstić information content (AvgIpc) is 2.58. The second kappa shape index (κ2) is 8.31. The molecule has 0 aromatic heterocycles. The molecule has 0 spiro atoms. The minimum Gasteiger partial charge on any atom is -0.449 e. The van der Waals surface area contributed by atoms with Gasteiger partial charge in [-0.05, 0) is 44.2 Å². The van der Waals surface area contributed by atoms with Crippen molar-refractivity contribution in [1.82, 2.24) is 0 Å². The Bertz CT molecular complexity index is 736. The van der Waals surface area contributed by atoms with E-state index in [-0.39, 0.29) is 16.5 Å². The van der Waals surface area contributed by atoms with Gasteiger partial charge in [0.25, 0.3) is 5.91 Å². The van der Waals surface area contributed by atoms with Crippen LogP contribution in [0.2, 0.25) is 5.02 Å². The van der Waals surface area contributed by atoms with E-state index in [1.165, 1.54) is 0 Å². The summed E-state index contributed by atoms with van der Waals surface area (Å²) in [6.07, 6.45) is -0.923.